The highest BCUT2D eigenvalue weighted by atomic mass is 32.2. The summed E-state index contributed by atoms with van der Waals surface area (Å²) in [4.78, 5) is 12.6. The number of aliphatic hydroxyl groups excluding tert-OH is 2. The molecular formula is C34H50F2O5S. The Morgan fingerprint density at radius 2 is 1.67 bits per heavy atom. The van der Waals surface area contributed by atoms with Crippen molar-refractivity contribution in [1.29, 1.82) is 0 Å². The van der Waals surface area contributed by atoms with Crippen molar-refractivity contribution in [2.75, 3.05) is 5.75 Å². The molecule has 4 fully saturated rings. The number of carbonyl (C=O) groups excluding carboxylic acids is 1. The first kappa shape index (κ1) is 32.0. The van der Waals surface area contributed by atoms with Crippen LogP contribution < -0.4 is 0 Å². The molecule has 4 aliphatic carbocycles. The van der Waals surface area contributed by atoms with Crippen molar-refractivity contribution >= 4 is 15.6 Å². The normalized spacial score (nSPS) is 42.3. The van der Waals surface area contributed by atoms with Gasteiger partial charge in [0, 0.05) is 12.3 Å². The molecule has 12 atom stereocenters. The number of hydrogen-bond donors (Lipinski definition) is 2. The van der Waals surface area contributed by atoms with Gasteiger partial charge in [-0.25, -0.2) is 17.2 Å². The number of fused-ring (bicyclic) bond motifs is 5. The van der Waals surface area contributed by atoms with Gasteiger partial charge >= 0.3 is 0 Å². The Balaban J connectivity index is 1.23. The first-order chi connectivity index (χ1) is 19.7. The number of Topliss-reactive ketones (excluding diaryl/α,β-unsaturated/α-hetero) is 1. The van der Waals surface area contributed by atoms with E-state index in [1.807, 2.05) is 0 Å². The van der Waals surface area contributed by atoms with Gasteiger partial charge in [-0.2, -0.15) is 0 Å². The Kier molecular flexibility index (Phi) is 9.04. The van der Waals surface area contributed by atoms with E-state index >= 15 is 4.39 Å². The van der Waals surface area contributed by atoms with E-state index in [0.717, 1.165) is 50.7 Å². The molecule has 5 nitrogen and oxygen atoms in total. The van der Waals surface area contributed by atoms with Gasteiger partial charge in [0.05, 0.1) is 17.1 Å². The van der Waals surface area contributed by atoms with Gasteiger partial charge in [-0.05, 0) is 116 Å². The summed E-state index contributed by atoms with van der Waals surface area (Å²) >= 11 is 0. The van der Waals surface area contributed by atoms with Crippen LogP contribution in [0.5, 0.6) is 0 Å². The van der Waals surface area contributed by atoms with Crippen LogP contribution in [0.25, 0.3) is 0 Å². The maximum atomic E-state index is 15.6. The fourth-order valence-corrected chi connectivity index (χ4v) is 12.1. The lowest BCUT2D eigenvalue weighted by Gasteiger charge is -2.65. The fraction of sp³-hybridized carbons (Fsp3) is 0.794. The lowest BCUT2D eigenvalue weighted by molar-refractivity contribution is -0.222. The molecule has 0 radical (unpaired) electrons. The lowest BCUT2D eigenvalue weighted by Crippen LogP contribution is -2.65. The number of sulfone groups is 1. The molecule has 0 aromatic heterocycles. The van der Waals surface area contributed by atoms with Crippen LogP contribution in [0.15, 0.2) is 29.2 Å². The molecule has 0 heterocycles. The number of hydrogen-bond acceptors (Lipinski definition) is 5. The average Bonchev–Trinajstić information content (AvgIpc) is 3.29. The van der Waals surface area contributed by atoms with Crippen LogP contribution in [0.1, 0.15) is 91.9 Å². The summed E-state index contributed by atoms with van der Waals surface area (Å²) in [5.41, 5.74) is -0.134. The molecule has 4 aliphatic rings. The minimum Gasteiger partial charge on any atom is -0.393 e. The minimum atomic E-state index is -3.79. The van der Waals surface area contributed by atoms with Crippen LogP contribution in [0.4, 0.5) is 8.78 Å². The molecule has 4 saturated carbocycles. The highest BCUT2D eigenvalue weighted by Gasteiger charge is 2.66. The van der Waals surface area contributed by atoms with E-state index in [0.29, 0.717) is 37.0 Å². The summed E-state index contributed by atoms with van der Waals surface area (Å²) in [6.45, 7) is 8.94. The molecule has 0 bridgehead atoms. The molecule has 0 aliphatic heterocycles. The average molecular weight is 609 g/mol. The summed E-state index contributed by atoms with van der Waals surface area (Å²) in [7, 11) is -3.79. The minimum absolute atomic E-state index is 0.0343. The van der Waals surface area contributed by atoms with E-state index in [1.54, 1.807) is 0 Å². The van der Waals surface area contributed by atoms with Crippen LogP contribution in [0, 0.1) is 58.1 Å². The molecule has 236 valence electrons. The Morgan fingerprint density at radius 3 is 2.33 bits per heavy atom. The lowest BCUT2D eigenvalue weighted by atomic mass is 9.41. The smallest absolute Gasteiger partial charge is 0.185 e. The van der Waals surface area contributed by atoms with Crippen LogP contribution in [-0.4, -0.2) is 48.5 Å². The first-order valence-electron chi connectivity index (χ1n) is 16.2. The zero-order valence-electron chi connectivity index (χ0n) is 25.6. The van der Waals surface area contributed by atoms with Gasteiger partial charge in [0.25, 0.3) is 0 Å². The predicted molar refractivity (Wildman–Crippen MR) is 159 cm³/mol. The fourth-order valence-electron chi connectivity index (χ4n) is 10.8. The first-order valence-corrected chi connectivity index (χ1v) is 17.9. The number of carbonyl (C=O) groups is 1. The van der Waals surface area contributed by atoms with E-state index in [2.05, 4.69) is 27.7 Å². The van der Waals surface area contributed by atoms with Gasteiger partial charge in [-0.3, -0.25) is 4.79 Å². The number of ketones is 1. The van der Waals surface area contributed by atoms with Gasteiger partial charge in [0.1, 0.15) is 23.5 Å². The van der Waals surface area contributed by atoms with E-state index in [4.69, 9.17) is 0 Å². The van der Waals surface area contributed by atoms with E-state index in [1.165, 1.54) is 12.1 Å². The second kappa shape index (κ2) is 11.8. The quantitative estimate of drug-likeness (QED) is 0.310. The topological polar surface area (TPSA) is 91.7 Å². The SMILES string of the molecule is CC[C@@H]1[C@@H]2[C@@H](F)[C@H](O)CC[C@]2(C)C2CC[C@@]3(C)C(CCC3[C@H](C)CCCC(=O)CS(=O)(=O)c3ccc(F)cc3)C2[C@@H]1O. The van der Waals surface area contributed by atoms with Gasteiger partial charge in [-0.1, -0.05) is 40.5 Å². The molecule has 4 unspecified atom stereocenters. The second-order valence-corrected chi connectivity index (χ2v) is 16.8. The zero-order chi connectivity index (χ0) is 30.6. The summed E-state index contributed by atoms with van der Waals surface area (Å²) in [5.74, 6) is -0.231. The molecule has 8 heteroatoms. The van der Waals surface area contributed by atoms with Gasteiger partial charge in [-0.15, -0.1) is 0 Å². The Hall–Kier alpha value is -1.38. The molecule has 42 heavy (non-hydrogen) atoms. The van der Waals surface area contributed by atoms with Crippen LogP contribution in [0.2, 0.25) is 0 Å². The van der Waals surface area contributed by atoms with Crippen molar-refractivity contribution in [2.24, 2.45) is 52.3 Å². The van der Waals surface area contributed by atoms with E-state index in [9.17, 15) is 27.8 Å². The van der Waals surface area contributed by atoms with E-state index < -0.39 is 39.8 Å². The molecule has 1 aromatic carbocycles. The molecule has 2 N–H and O–H groups in total. The standard InChI is InChI=1S/C34H50F2O5S/c1-5-24-30-31(36)28(38)16-18-34(30,4)27-15-17-33(3)25(13-14-26(33)29(27)32(24)39)20(2)7-6-8-22(37)19-42(40,41)23-11-9-21(35)10-12-23/h9-12,20,24-32,38-39H,5-8,13-19H2,1-4H3/t20-,24-,25?,26?,27?,28-,29?,30-,31+,32-,33-,34-/m1/s1. The van der Waals surface area contributed by atoms with Crippen LogP contribution in [0.3, 0.4) is 0 Å². The van der Waals surface area contributed by atoms with Gasteiger partial charge < -0.3 is 10.2 Å². The monoisotopic (exact) mass is 608 g/mol. The molecule has 0 spiro atoms. The highest BCUT2D eigenvalue weighted by molar-refractivity contribution is 7.92. The summed E-state index contributed by atoms with van der Waals surface area (Å²) in [5, 5.41) is 22.3. The second-order valence-electron chi connectivity index (χ2n) is 14.8. The molecular weight excluding hydrogens is 558 g/mol. The van der Waals surface area contributed by atoms with Crippen molar-refractivity contribution in [3.05, 3.63) is 30.1 Å². The maximum Gasteiger partial charge on any atom is 0.185 e. The van der Waals surface area contributed by atoms with Gasteiger partial charge in [0.2, 0.25) is 0 Å². The number of halogens is 2. The number of aliphatic hydroxyl groups is 2. The predicted octanol–water partition coefficient (Wildman–Crippen LogP) is 6.55. The number of benzene rings is 1. The third kappa shape index (κ3) is 5.40. The Morgan fingerprint density at radius 1 is 1.02 bits per heavy atom. The van der Waals surface area contributed by atoms with Crippen LogP contribution >= 0.6 is 0 Å². The van der Waals surface area contributed by atoms with E-state index in [-0.39, 0.29) is 51.6 Å². The van der Waals surface area contributed by atoms with Crippen molar-refractivity contribution in [1.82, 2.24) is 0 Å². The number of rotatable bonds is 9. The van der Waals surface area contributed by atoms with Gasteiger partial charge in [0.15, 0.2) is 9.84 Å². The van der Waals surface area contributed by atoms with Crippen molar-refractivity contribution in [3.8, 4) is 0 Å². The summed E-state index contributed by atoms with van der Waals surface area (Å²) < 4.78 is 53.9. The molecule has 0 saturated heterocycles. The van der Waals surface area contributed by atoms with Crippen LogP contribution in [-0.2, 0) is 14.6 Å². The molecule has 1 aromatic rings. The molecule has 0 amide bonds. The number of alkyl halides is 1. The molecule has 5 rings (SSSR count). The maximum absolute atomic E-state index is 15.6. The highest BCUT2D eigenvalue weighted by Crippen LogP contribution is 2.69. The summed E-state index contributed by atoms with van der Waals surface area (Å²) in [6.07, 6.45) is 5.09. The summed E-state index contributed by atoms with van der Waals surface area (Å²) in [6, 6.07) is 4.58. The third-order valence-corrected chi connectivity index (χ3v) is 14.5. The Bertz CT molecular complexity index is 1240. The third-order valence-electron chi connectivity index (χ3n) is 12.8. The van der Waals surface area contributed by atoms with Crippen molar-refractivity contribution in [3.63, 3.8) is 0 Å². The van der Waals surface area contributed by atoms with Crippen molar-refractivity contribution < 1.29 is 32.2 Å². The van der Waals surface area contributed by atoms with Crippen molar-refractivity contribution in [2.45, 2.75) is 115 Å². The zero-order valence-corrected chi connectivity index (χ0v) is 26.5. The Labute approximate surface area is 250 Å². The largest absolute Gasteiger partial charge is 0.393 e.